The predicted molar refractivity (Wildman–Crippen MR) is 107 cm³/mol. The van der Waals surface area contributed by atoms with Crippen LogP contribution in [0.3, 0.4) is 0 Å². The Morgan fingerprint density at radius 1 is 1.19 bits per heavy atom. The van der Waals surface area contributed by atoms with E-state index in [2.05, 4.69) is 43.4 Å². The van der Waals surface area contributed by atoms with Crippen molar-refractivity contribution in [2.45, 2.75) is 57.6 Å². The fourth-order valence-electron chi connectivity index (χ4n) is 4.56. The summed E-state index contributed by atoms with van der Waals surface area (Å²) in [5, 5.41) is 3.67. The summed E-state index contributed by atoms with van der Waals surface area (Å²) in [7, 11) is -3.13. The predicted octanol–water partition coefficient (Wildman–Crippen LogP) is 4.38. The van der Waals surface area contributed by atoms with Gasteiger partial charge < -0.3 is 14.9 Å². The summed E-state index contributed by atoms with van der Waals surface area (Å²) >= 11 is 0. The second-order valence-electron chi connectivity index (χ2n) is 8.52. The van der Waals surface area contributed by atoms with E-state index < -0.39 is 7.37 Å². The molecule has 1 aromatic carbocycles. The first-order valence-corrected chi connectivity index (χ1v) is 12.2. The second kappa shape index (κ2) is 8.56. The highest BCUT2D eigenvalue weighted by atomic mass is 31.2. The molecule has 1 aliphatic heterocycles. The average molecular weight is 379 g/mol. The molecule has 1 saturated carbocycles. The van der Waals surface area contributed by atoms with Crippen molar-refractivity contribution in [3.05, 3.63) is 35.9 Å². The van der Waals surface area contributed by atoms with E-state index in [1.165, 1.54) is 24.8 Å². The Balaban J connectivity index is 1.59. The monoisotopic (exact) mass is 379 g/mol. The number of benzene rings is 1. The molecular formula is C21H34NO3P. The first-order valence-electron chi connectivity index (χ1n) is 10.1. The number of ether oxygens (including phenoxy) is 1. The minimum absolute atomic E-state index is 0.176. The van der Waals surface area contributed by atoms with Crippen molar-refractivity contribution in [1.29, 1.82) is 0 Å². The molecule has 0 spiro atoms. The molecule has 26 heavy (non-hydrogen) atoms. The topological polar surface area (TPSA) is 58.6 Å². The van der Waals surface area contributed by atoms with E-state index in [9.17, 15) is 9.46 Å². The van der Waals surface area contributed by atoms with Gasteiger partial charge in [-0.05, 0) is 30.2 Å². The molecule has 0 radical (unpaired) electrons. The maximum atomic E-state index is 12.8. The van der Waals surface area contributed by atoms with E-state index in [0.717, 1.165) is 12.8 Å². The number of hydrogen-bond acceptors (Lipinski definition) is 3. The van der Waals surface area contributed by atoms with Gasteiger partial charge in [0.25, 0.3) is 0 Å². The van der Waals surface area contributed by atoms with E-state index in [-0.39, 0.29) is 17.8 Å². The van der Waals surface area contributed by atoms with Gasteiger partial charge in [0.2, 0.25) is 7.37 Å². The molecule has 4 nitrogen and oxygen atoms in total. The van der Waals surface area contributed by atoms with Gasteiger partial charge >= 0.3 is 0 Å². The summed E-state index contributed by atoms with van der Waals surface area (Å²) in [6, 6.07) is 10.4. The summed E-state index contributed by atoms with van der Waals surface area (Å²) in [6.07, 6.45) is 6.49. The fourth-order valence-corrected chi connectivity index (χ4v) is 6.76. The Morgan fingerprint density at radius 3 is 2.46 bits per heavy atom. The van der Waals surface area contributed by atoms with Gasteiger partial charge in [0.1, 0.15) is 0 Å². The number of nitrogens with one attached hydrogen (secondary N) is 1. The van der Waals surface area contributed by atoms with Crippen LogP contribution >= 0.6 is 7.37 Å². The normalized spacial score (nSPS) is 30.2. The highest BCUT2D eigenvalue weighted by molar-refractivity contribution is 7.58. The Morgan fingerprint density at radius 2 is 1.88 bits per heavy atom. The number of hydrogen-bond donors (Lipinski definition) is 2. The SMILES string of the molecule is CC(C)C1(c2ccccc2)COC(CP(=O)(O)CC2CCCCC2)CN1. The summed E-state index contributed by atoms with van der Waals surface area (Å²) in [5.41, 5.74) is 1.00. The average Bonchev–Trinajstić information content (AvgIpc) is 2.63. The van der Waals surface area contributed by atoms with E-state index in [1.807, 2.05) is 6.07 Å². The van der Waals surface area contributed by atoms with Crippen molar-refractivity contribution in [1.82, 2.24) is 5.32 Å². The van der Waals surface area contributed by atoms with Gasteiger partial charge in [-0.2, -0.15) is 0 Å². The summed E-state index contributed by atoms with van der Waals surface area (Å²) < 4.78 is 18.9. The molecule has 0 aromatic heterocycles. The third-order valence-electron chi connectivity index (χ3n) is 6.22. The highest BCUT2D eigenvalue weighted by Gasteiger charge is 2.41. The third-order valence-corrected chi connectivity index (χ3v) is 8.29. The quantitative estimate of drug-likeness (QED) is 0.721. The van der Waals surface area contributed by atoms with Crippen LogP contribution in [0.25, 0.3) is 0 Å². The minimum Gasteiger partial charge on any atom is -0.374 e. The zero-order chi connectivity index (χ0) is 18.6. The van der Waals surface area contributed by atoms with Gasteiger partial charge in [-0.25, -0.2) is 0 Å². The first kappa shape index (κ1) is 20.1. The standard InChI is InChI=1S/C21H34NO3P/c1-17(2)21(19-11-7-4-8-12-19)16-25-20(13-22-21)15-26(23,24)14-18-9-5-3-6-10-18/h4,7-8,11-12,17-18,20,22H,3,5-6,9-10,13-16H2,1-2H3,(H,23,24). The Labute approximate surface area is 158 Å². The molecule has 1 aliphatic carbocycles. The first-order chi connectivity index (χ1) is 12.4. The Bertz CT molecular complexity index is 605. The zero-order valence-electron chi connectivity index (χ0n) is 16.2. The molecule has 1 saturated heterocycles. The maximum absolute atomic E-state index is 12.8. The van der Waals surface area contributed by atoms with Crippen molar-refractivity contribution >= 4 is 7.37 Å². The van der Waals surface area contributed by atoms with Crippen molar-refractivity contribution in [3.63, 3.8) is 0 Å². The van der Waals surface area contributed by atoms with Gasteiger partial charge in [-0.15, -0.1) is 0 Å². The molecule has 5 heteroatoms. The van der Waals surface area contributed by atoms with Gasteiger partial charge in [-0.3, -0.25) is 4.57 Å². The van der Waals surface area contributed by atoms with Crippen molar-refractivity contribution in [3.8, 4) is 0 Å². The summed E-state index contributed by atoms with van der Waals surface area (Å²) in [6.45, 7) is 5.57. The molecule has 1 heterocycles. The largest absolute Gasteiger partial charge is 0.374 e. The molecule has 0 amide bonds. The van der Waals surface area contributed by atoms with E-state index in [0.29, 0.717) is 31.1 Å². The summed E-state index contributed by atoms with van der Waals surface area (Å²) in [4.78, 5) is 10.5. The smallest absolute Gasteiger partial charge is 0.203 e. The molecule has 3 atom stereocenters. The van der Waals surface area contributed by atoms with Gasteiger partial charge in [0.05, 0.1) is 24.4 Å². The lowest BCUT2D eigenvalue weighted by Crippen LogP contribution is -2.58. The van der Waals surface area contributed by atoms with Crippen LogP contribution in [-0.4, -0.2) is 36.5 Å². The van der Waals surface area contributed by atoms with Crippen LogP contribution in [0.4, 0.5) is 0 Å². The molecule has 146 valence electrons. The summed E-state index contributed by atoms with van der Waals surface area (Å²) in [5.74, 6) is 0.796. The van der Waals surface area contributed by atoms with Crippen molar-refractivity contribution in [2.24, 2.45) is 11.8 Å². The molecule has 1 aromatic rings. The van der Waals surface area contributed by atoms with Crippen molar-refractivity contribution in [2.75, 3.05) is 25.5 Å². The molecule has 2 aliphatic rings. The van der Waals surface area contributed by atoms with E-state index in [4.69, 9.17) is 4.74 Å². The Hall–Kier alpha value is -0.670. The number of rotatable bonds is 6. The van der Waals surface area contributed by atoms with Crippen LogP contribution in [0.5, 0.6) is 0 Å². The van der Waals surface area contributed by atoms with E-state index in [1.54, 1.807) is 0 Å². The van der Waals surface area contributed by atoms with Gasteiger partial charge in [0, 0.05) is 12.7 Å². The maximum Gasteiger partial charge on any atom is 0.203 e. The van der Waals surface area contributed by atoms with Crippen LogP contribution in [-0.2, 0) is 14.8 Å². The fraction of sp³-hybridized carbons (Fsp3) is 0.714. The lowest BCUT2D eigenvalue weighted by Gasteiger charge is -2.45. The minimum atomic E-state index is -3.13. The molecule has 2 fully saturated rings. The zero-order valence-corrected chi connectivity index (χ0v) is 17.1. The highest BCUT2D eigenvalue weighted by Crippen LogP contribution is 2.47. The van der Waals surface area contributed by atoms with Crippen LogP contribution in [0, 0.1) is 11.8 Å². The van der Waals surface area contributed by atoms with Crippen LogP contribution in [0.15, 0.2) is 30.3 Å². The molecule has 3 unspecified atom stereocenters. The third kappa shape index (κ3) is 4.78. The van der Waals surface area contributed by atoms with E-state index >= 15 is 0 Å². The second-order valence-corrected chi connectivity index (χ2v) is 10.9. The van der Waals surface area contributed by atoms with Crippen molar-refractivity contribution < 1.29 is 14.2 Å². The molecule has 2 N–H and O–H groups in total. The Kier molecular flexibility index (Phi) is 6.61. The lowest BCUT2D eigenvalue weighted by atomic mass is 9.79. The van der Waals surface area contributed by atoms with Crippen LogP contribution in [0.1, 0.15) is 51.5 Å². The number of morpholine rings is 1. The molecule has 3 rings (SSSR count). The van der Waals surface area contributed by atoms with Crippen LogP contribution < -0.4 is 5.32 Å². The molecular weight excluding hydrogens is 345 g/mol. The molecule has 0 bridgehead atoms. The van der Waals surface area contributed by atoms with Crippen LogP contribution in [0.2, 0.25) is 0 Å². The lowest BCUT2D eigenvalue weighted by molar-refractivity contribution is -0.0425. The van der Waals surface area contributed by atoms with Gasteiger partial charge in [0.15, 0.2) is 0 Å². The van der Waals surface area contributed by atoms with Gasteiger partial charge in [-0.1, -0.05) is 63.4 Å².